The predicted octanol–water partition coefficient (Wildman–Crippen LogP) is 2.97. The summed E-state index contributed by atoms with van der Waals surface area (Å²) in [4.78, 5) is 18.4. The number of amides is 1. The first-order chi connectivity index (χ1) is 11.2. The SMILES string of the molecule is O=C(N=C1SCCN1C[C@H](O)c1ccccc1)c1ccccc1. The highest BCUT2D eigenvalue weighted by Gasteiger charge is 2.23. The maximum atomic E-state index is 12.2. The minimum atomic E-state index is -0.591. The van der Waals surface area contributed by atoms with Gasteiger partial charge in [-0.2, -0.15) is 4.99 Å². The van der Waals surface area contributed by atoms with Crippen molar-refractivity contribution < 1.29 is 9.90 Å². The van der Waals surface area contributed by atoms with Crippen LogP contribution in [0.25, 0.3) is 0 Å². The maximum Gasteiger partial charge on any atom is 0.279 e. The number of hydrogen-bond donors (Lipinski definition) is 1. The fourth-order valence-corrected chi connectivity index (χ4v) is 3.42. The number of aliphatic hydroxyl groups is 1. The summed E-state index contributed by atoms with van der Waals surface area (Å²) in [5.41, 5.74) is 1.45. The molecule has 23 heavy (non-hydrogen) atoms. The fourth-order valence-electron chi connectivity index (χ4n) is 2.43. The van der Waals surface area contributed by atoms with E-state index in [1.54, 1.807) is 23.9 Å². The molecule has 1 saturated heterocycles. The van der Waals surface area contributed by atoms with E-state index in [9.17, 15) is 9.90 Å². The highest BCUT2D eigenvalue weighted by atomic mass is 32.2. The van der Waals surface area contributed by atoms with Crippen LogP contribution in [0.1, 0.15) is 22.0 Å². The van der Waals surface area contributed by atoms with Crippen molar-refractivity contribution in [3.05, 3.63) is 71.8 Å². The van der Waals surface area contributed by atoms with Crippen molar-refractivity contribution in [3.8, 4) is 0 Å². The first kappa shape index (κ1) is 15.8. The summed E-state index contributed by atoms with van der Waals surface area (Å²) >= 11 is 1.55. The van der Waals surface area contributed by atoms with Crippen molar-refractivity contribution in [1.29, 1.82) is 0 Å². The van der Waals surface area contributed by atoms with Gasteiger partial charge in [-0.25, -0.2) is 0 Å². The molecule has 1 amide bonds. The van der Waals surface area contributed by atoms with E-state index in [0.29, 0.717) is 17.3 Å². The number of aliphatic hydroxyl groups excluding tert-OH is 1. The lowest BCUT2D eigenvalue weighted by Crippen LogP contribution is -2.30. The molecule has 1 aliphatic rings. The van der Waals surface area contributed by atoms with Gasteiger partial charge in [-0.3, -0.25) is 4.79 Å². The largest absolute Gasteiger partial charge is 0.387 e. The number of hydrogen-bond acceptors (Lipinski definition) is 3. The molecular formula is C18H18N2O2S. The zero-order chi connectivity index (χ0) is 16.1. The second-order valence-electron chi connectivity index (χ2n) is 5.29. The van der Waals surface area contributed by atoms with Crippen LogP contribution in [0.2, 0.25) is 0 Å². The third-order valence-corrected chi connectivity index (χ3v) is 4.65. The summed E-state index contributed by atoms with van der Waals surface area (Å²) in [6.07, 6.45) is -0.591. The number of carbonyl (C=O) groups is 1. The van der Waals surface area contributed by atoms with Gasteiger partial charge in [0.25, 0.3) is 5.91 Å². The number of rotatable bonds is 4. The molecule has 0 unspecified atom stereocenters. The van der Waals surface area contributed by atoms with Gasteiger partial charge in [-0.05, 0) is 17.7 Å². The molecular weight excluding hydrogens is 308 g/mol. The van der Waals surface area contributed by atoms with Crippen molar-refractivity contribution in [2.24, 2.45) is 4.99 Å². The Labute approximate surface area is 139 Å². The number of β-amino-alcohol motifs (C(OH)–C–C–N with tert-alkyl or cyclic N) is 1. The first-order valence-electron chi connectivity index (χ1n) is 7.53. The van der Waals surface area contributed by atoms with E-state index in [1.807, 2.05) is 53.4 Å². The summed E-state index contributed by atoms with van der Waals surface area (Å²) in [6.45, 7) is 1.23. The third-order valence-electron chi connectivity index (χ3n) is 3.66. The molecule has 2 aromatic rings. The van der Waals surface area contributed by atoms with Crippen LogP contribution in [0, 0.1) is 0 Å². The number of carbonyl (C=O) groups excluding carboxylic acids is 1. The highest BCUT2D eigenvalue weighted by Crippen LogP contribution is 2.22. The van der Waals surface area contributed by atoms with Gasteiger partial charge in [-0.15, -0.1) is 0 Å². The van der Waals surface area contributed by atoms with Gasteiger partial charge in [-0.1, -0.05) is 60.3 Å². The zero-order valence-electron chi connectivity index (χ0n) is 12.6. The number of amidine groups is 1. The lowest BCUT2D eigenvalue weighted by atomic mass is 10.1. The normalized spacial score (nSPS) is 17.4. The van der Waals surface area contributed by atoms with E-state index >= 15 is 0 Å². The molecule has 5 heteroatoms. The Bertz CT molecular complexity index is 689. The smallest absolute Gasteiger partial charge is 0.279 e. The summed E-state index contributed by atoms with van der Waals surface area (Å²) in [6, 6.07) is 18.6. The van der Waals surface area contributed by atoms with Crippen molar-refractivity contribution in [2.75, 3.05) is 18.8 Å². The van der Waals surface area contributed by atoms with E-state index < -0.39 is 6.10 Å². The molecule has 1 heterocycles. The maximum absolute atomic E-state index is 12.2. The van der Waals surface area contributed by atoms with Crippen molar-refractivity contribution in [3.63, 3.8) is 0 Å². The Morgan fingerprint density at radius 2 is 1.78 bits per heavy atom. The second kappa shape index (κ2) is 7.44. The topological polar surface area (TPSA) is 52.9 Å². The minimum absolute atomic E-state index is 0.241. The van der Waals surface area contributed by atoms with Gasteiger partial charge < -0.3 is 10.0 Å². The molecule has 0 spiro atoms. The van der Waals surface area contributed by atoms with Crippen LogP contribution in [0.15, 0.2) is 65.7 Å². The lowest BCUT2D eigenvalue weighted by Gasteiger charge is -2.21. The Balaban J connectivity index is 1.70. The molecule has 3 rings (SSSR count). The van der Waals surface area contributed by atoms with Gasteiger partial charge >= 0.3 is 0 Å². The van der Waals surface area contributed by atoms with E-state index in [1.165, 1.54) is 0 Å². The van der Waals surface area contributed by atoms with E-state index in [2.05, 4.69) is 4.99 Å². The van der Waals surface area contributed by atoms with Gasteiger partial charge in [0.15, 0.2) is 5.17 Å². The molecule has 118 valence electrons. The van der Waals surface area contributed by atoms with Crippen molar-refractivity contribution >= 4 is 22.8 Å². The molecule has 0 radical (unpaired) electrons. The second-order valence-corrected chi connectivity index (χ2v) is 6.35. The van der Waals surface area contributed by atoms with Crippen LogP contribution in [0.5, 0.6) is 0 Å². The minimum Gasteiger partial charge on any atom is -0.387 e. The molecule has 2 aromatic carbocycles. The molecule has 1 N–H and O–H groups in total. The van der Waals surface area contributed by atoms with Crippen LogP contribution in [-0.2, 0) is 0 Å². The molecule has 1 fully saturated rings. The van der Waals surface area contributed by atoms with Crippen LogP contribution in [0.4, 0.5) is 0 Å². The fraction of sp³-hybridized carbons (Fsp3) is 0.222. The molecule has 4 nitrogen and oxygen atoms in total. The summed E-state index contributed by atoms with van der Waals surface area (Å²) in [5.74, 6) is 0.636. The zero-order valence-corrected chi connectivity index (χ0v) is 13.4. The number of thioether (sulfide) groups is 1. The van der Waals surface area contributed by atoms with Crippen molar-refractivity contribution in [1.82, 2.24) is 4.90 Å². The van der Waals surface area contributed by atoms with Gasteiger partial charge in [0.05, 0.1) is 12.6 Å². The summed E-state index contributed by atoms with van der Waals surface area (Å²) < 4.78 is 0. The first-order valence-corrected chi connectivity index (χ1v) is 8.51. The lowest BCUT2D eigenvalue weighted by molar-refractivity contribution is 0.1000. The van der Waals surface area contributed by atoms with Crippen molar-refractivity contribution in [2.45, 2.75) is 6.10 Å². The predicted molar refractivity (Wildman–Crippen MR) is 93.6 cm³/mol. The van der Waals surface area contributed by atoms with Gasteiger partial charge in [0, 0.05) is 17.9 Å². The molecule has 0 bridgehead atoms. The standard InChI is InChI=1S/C18H18N2O2S/c21-16(14-7-3-1-4-8-14)13-20-11-12-23-18(20)19-17(22)15-9-5-2-6-10-15/h1-10,16,21H,11-13H2/t16-/m0/s1. The Kier molecular flexibility index (Phi) is 5.10. The third kappa shape index (κ3) is 4.00. The molecule has 1 atom stereocenters. The molecule has 1 aliphatic heterocycles. The quantitative estimate of drug-likeness (QED) is 0.938. The number of aliphatic imine (C=N–C) groups is 1. The Morgan fingerprint density at radius 3 is 2.48 bits per heavy atom. The average molecular weight is 326 g/mol. The van der Waals surface area contributed by atoms with E-state index in [0.717, 1.165) is 17.9 Å². The molecule has 0 saturated carbocycles. The molecule has 0 aliphatic carbocycles. The monoisotopic (exact) mass is 326 g/mol. The molecule has 0 aromatic heterocycles. The number of benzene rings is 2. The van der Waals surface area contributed by atoms with Gasteiger partial charge in [0.2, 0.25) is 0 Å². The number of nitrogens with zero attached hydrogens (tertiary/aromatic N) is 2. The van der Waals surface area contributed by atoms with Crippen LogP contribution in [-0.4, -0.2) is 39.9 Å². The summed E-state index contributed by atoms with van der Waals surface area (Å²) in [5, 5.41) is 11.0. The average Bonchev–Trinajstić information content (AvgIpc) is 3.03. The van der Waals surface area contributed by atoms with E-state index in [4.69, 9.17) is 0 Å². The van der Waals surface area contributed by atoms with E-state index in [-0.39, 0.29) is 5.91 Å². The van der Waals surface area contributed by atoms with Crippen LogP contribution < -0.4 is 0 Å². The van der Waals surface area contributed by atoms with Crippen LogP contribution >= 0.6 is 11.8 Å². The Hall–Kier alpha value is -2.11. The summed E-state index contributed by atoms with van der Waals surface area (Å²) in [7, 11) is 0. The Morgan fingerprint density at radius 1 is 1.13 bits per heavy atom. The van der Waals surface area contributed by atoms with Crippen LogP contribution in [0.3, 0.4) is 0 Å². The van der Waals surface area contributed by atoms with Gasteiger partial charge in [0.1, 0.15) is 0 Å². The highest BCUT2D eigenvalue weighted by molar-refractivity contribution is 8.14.